The van der Waals surface area contributed by atoms with Gasteiger partial charge in [0.15, 0.2) is 0 Å². The number of nitrogens with zero attached hydrogens (tertiary/aromatic N) is 2. The molecular formula is C27H25N3. The SMILES string of the molecule is CCCc1cc(-c2ccccc2)ccc1Cc1ncc(Cc2ccc(C#N)cc2)[nH]1. The summed E-state index contributed by atoms with van der Waals surface area (Å²) in [7, 11) is 0. The molecule has 1 heterocycles. The van der Waals surface area contributed by atoms with Gasteiger partial charge in [-0.05, 0) is 46.4 Å². The van der Waals surface area contributed by atoms with Crippen molar-refractivity contribution in [1.82, 2.24) is 9.97 Å². The molecule has 3 aromatic carbocycles. The average Bonchev–Trinajstić information content (AvgIpc) is 3.23. The summed E-state index contributed by atoms with van der Waals surface area (Å²) < 4.78 is 0. The molecule has 0 saturated carbocycles. The zero-order chi connectivity index (χ0) is 20.8. The second kappa shape index (κ2) is 9.24. The molecule has 0 bridgehead atoms. The van der Waals surface area contributed by atoms with E-state index in [-0.39, 0.29) is 0 Å². The molecule has 3 heteroatoms. The molecule has 3 nitrogen and oxygen atoms in total. The average molecular weight is 392 g/mol. The van der Waals surface area contributed by atoms with Crippen molar-refractivity contribution < 1.29 is 0 Å². The van der Waals surface area contributed by atoms with Gasteiger partial charge in [-0.3, -0.25) is 0 Å². The lowest BCUT2D eigenvalue weighted by molar-refractivity contribution is 0.893. The van der Waals surface area contributed by atoms with Crippen molar-refractivity contribution in [3.8, 4) is 17.2 Å². The number of hydrogen-bond donors (Lipinski definition) is 1. The molecule has 0 aliphatic rings. The zero-order valence-corrected chi connectivity index (χ0v) is 17.2. The number of benzene rings is 3. The maximum Gasteiger partial charge on any atom is 0.110 e. The standard InChI is InChI=1S/C27H25N3/c1-2-6-23-16-24(22-7-4-3-5-8-22)13-14-25(23)17-27-29-19-26(30-27)15-20-9-11-21(18-28)12-10-20/h3-5,7-14,16,19H,2,6,15,17H2,1H3,(H,29,30). The summed E-state index contributed by atoms with van der Waals surface area (Å²) in [6.07, 6.45) is 5.69. The first-order chi connectivity index (χ1) is 14.7. The minimum absolute atomic E-state index is 0.687. The van der Waals surface area contributed by atoms with Gasteiger partial charge < -0.3 is 4.98 Å². The molecule has 0 radical (unpaired) electrons. The Morgan fingerprint density at radius 3 is 2.40 bits per heavy atom. The van der Waals surface area contributed by atoms with Gasteiger partial charge in [-0.25, -0.2) is 4.98 Å². The Bertz CT molecular complexity index is 1150. The van der Waals surface area contributed by atoms with Gasteiger partial charge in [0.2, 0.25) is 0 Å². The van der Waals surface area contributed by atoms with E-state index in [4.69, 9.17) is 5.26 Å². The molecule has 0 unspecified atom stereocenters. The van der Waals surface area contributed by atoms with Crippen molar-refractivity contribution in [2.75, 3.05) is 0 Å². The summed E-state index contributed by atoms with van der Waals surface area (Å²) in [4.78, 5) is 8.09. The van der Waals surface area contributed by atoms with E-state index in [2.05, 4.69) is 71.5 Å². The molecule has 0 fully saturated rings. The van der Waals surface area contributed by atoms with Crippen LogP contribution >= 0.6 is 0 Å². The highest BCUT2D eigenvalue weighted by molar-refractivity contribution is 5.65. The predicted octanol–water partition coefficient (Wildman–Crippen LogP) is 6.08. The Morgan fingerprint density at radius 2 is 1.67 bits per heavy atom. The fourth-order valence-electron chi connectivity index (χ4n) is 3.79. The van der Waals surface area contributed by atoms with Crippen LogP contribution in [0.2, 0.25) is 0 Å². The van der Waals surface area contributed by atoms with Gasteiger partial charge in [0.05, 0.1) is 11.6 Å². The van der Waals surface area contributed by atoms with Crippen molar-refractivity contribution in [3.05, 3.63) is 113 Å². The number of hydrogen-bond acceptors (Lipinski definition) is 2. The van der Waals surface area contributed by atoms with Crippen LogP contribution in [0.4, 0.5) is 0 Å². The summed E-state index contributed by atoms with van der Waals surface area (Å²) in [5.41, 5.74) is 8.19. The van der Waals surface area contributed by atoms with Crippen LogP contribution in [0.25, 0.3) is 11.1 Å². The molecule has 1 aromatic heterocycles. The maximum atomic E-state index is 8.94. The number of aromatic amines is 1. The van der Waals surface area contributed by atoms with Gasteiger partial charge in [0.1, 0.15) is 5.82 Å². The molecule has 0 saturated heterocycles. The minimum Gasteiger partial charge on any atom is -0.345 e. The Morgan fingerprint density at radius 1 is 0.867 bits per heavy atom. The molecule has 0 atom stereocenters. The molecule has 0 spiro atoms. The van der Waals surface area contributed by atoms with Crippen LogP contribution < -0.4 is 0 Å². The lowest BCUT2D eigenvalue weighted by atomic mass is 9.95. The number of H-pyrrole nitrogens is 1. The zero-order valence-electron chi connectivity index (χ0n) is 17.2. The fraction of sp³-hybridized carbons (Fsp3) is 0.185. The van der Waals surface area contributed by atoms with E-state index in [1.54, 1.807) is 0 Å². The van der Waals surface area contributed by atoms with E-state index in [1.807, 2.05) is 30.5 Å². The molecule has 0 aliphatic heterocycles. The van der Waals surface area contributed by atoms with E-state index >= 15 is 0 Å². The maximum absolute atomic E-state index is 8.94. The van der Waals surface area contributed by atoms with E-state index in [9.17, 15) is 0 Å². The lowest BCUT2D eigenvalue weighted by Gasteiger charge is -2.11. The normalized spacial score (nSPS) is 10.7. The fourth-order valence-corrected chi connectivity index (χ4v) is 3.79. The first-order valence-corrected chi connectivity index (χ1v) is 10.4. The van der Waals surface area contributed by atoms with Gasteiger partial charge in [-0.2, -0.15) is 5.26 Å². The Hall–Kier alpha value is -3.64. The number of aromatic nitrogens is 2. The summed E-state index contributed by atoms with van der Waals surface area (Å²) in [6, 6.07) is 27.2. The highest BCUT2D eigenvalue weighted by Gasteiger charge is 2.09. The molecule has 1 N–H and O–H groups in total. The van der Waals surface area contributed by atoms with E-state index in [0.29, 0.717) is 5.56 Å². The van der Waals surface area contributed by atoms with Gasteiger partial charge >= 0.3 is 0 Å². The van der Waals surface area contributed by atoms with E-state index < -0.39 is 0 Å². The van der Waals surface area contributed by atoms with Crippen LogP contribution in [-0.2, 0) is 19.3 Å². The van der Waals surface area contributed by atoms with Crippen LogP contribution in [-0.4, -0.2) is 9.97 Å². The molecule has 0 aliphatic carbocycles. The number of rotatable bonds is 7. The van der Waals surface area contributed by atoms with Gasteiger partial charge in [-0.15, -0.1) is 0 Å². The van der Waals surface area contributed by atoms with Gasteiger partial charge in [0.25, 0.3) is 0 Å². The van der Waals surface area contributed by atoms with Crippen molar-refractivity contribution in [2.24, 2.45) is 0 Å². The second-order valence-corrected chi connectivity index (χ2v) is 7.62. The van der Waals surface area contributed by atoms with Crippen LogP contribution in [0.5, 0.6) is 0 Å². The quantitative estimate of drug-likeness (QED) is 0.415. The van der Waals surface area contributed by atoms with Crippen LogP contribution in [0.3, 0.4) is 0 Å². The number of imidazole rings is 1. The number of nitrogens with one attached hydrogen (secondary N) is 1. The second-order valence-electron chi connectivity index (χ2n) is 7.62. The van der Waals surface area contributed by atoms with Crippen molar-refractivity contribution in [2.45, 2.75) is 32.6 Å². The lowest BCUT2D eigenvalue weighted by Crippen LogP contribution is -1.98. The summed E-state index contributed by atoms with van der Waals surface area (Å²) in [5, 5.41) is 8.94. The highest BCUT2D eigenvalue weighted by Crippen LogP contribution is 2.25. The third-order valence-corrected chi connectivity index (χ3v) is 5.35. The van der Waals surface area contributed by atoms with Crippen molar-refractivity contribution >= 4 is 0 Å². The predicted molar refractivity (Wildman–Crippen MR) is 121 cm³/mol. The third-order valence-electron chi connectivity index (χ3n) is 5.35. The Kier molecular flexibility index (Phi) is 6.06. The van der Waals surface area contributed by atoms with Gasteiger partial charge in [0, 0.05) is 24.7 Å². The first-order valence-electron chi connectivity index (χ1n) is 10.4. The van der Waals surface area contributed by atoms with Gasteiger partial charge in [-0.1, -0.05) is 74.0 Å². The summed E-state index contributed by atoms with van der Waals surface area (Å²) in [6.45, 7) is 2.22. The molecule has 4 aromatic rings. The van der Waals surface area contributed by atoms with Crippen LogP contribution in [0.1, 0.15) is 47.1 Å². The van der Waals surface area contributed by atoms with Crippen LogP contribution in [0.15, 0.2) is 79.0 Å². The van der Waals surface area contributed by atoms with Crippen molar-refractivity contribution in [1.29, 1.82) is 5.26 Å². The molecule has 30 heavy (non-hydrogen) atoms. The van der Waals surface area contributed by atoms with E-state index in [0.717, 1.165) is 37.2 Å². The topological polar surface area (TPSA) is 52.5 Å². The van der Waals surface area contributed by atoms with E-state index in [1.165, 1.54) is 27.8 Å². The molecule has 0 amide bonds. The van der Waals surface area contributed by atoms with Crippen LogP contribution in [0, 0.1) is 11.3 Å². The number of aryl methyl sites for hydroxylation is 1. The Labute approximate surface area is 178 Å². The minimum atomic E-state index is 0.687. The Balaban J connectivity index is 1.51. The first kappa shape index (κ1) is 19.7. The highest BCUT2D eigenvalue weighted by atomic mass is 14.9. The number of nitriles is 1. The van der Waals surface area contributed by atoms with Crippen molar-refractivity contribution in [3.63, 3.8) is 0 Å². The third kappa shape index (κ3) is 4.67. The smallest absolute Gasteiger partial charge is 0.110 e. The molecule has 148 valence electrons. The summed E-state index contributed by atoms with van der Waals surface area (Å²) in [5.74, 6) is 0.989. The molecular weight excluding hydrogens is 366 g/mol. The summed E-state index contributed by atoms with van der Waals surface area (Å²) >= 11 is 0. The molecule has 4 rings (SSSR count). The largest absolute Gasteiger partial charge is 0.345 e. The monoisotopic (exact) mass is 391 g/mol.